The molecule has 0 saturated heterocycles. The zero-order valence-electron chi connectivity index (χ0n) is 9.72. The van der Waals surface area contributed by atoms with Gasteiger partial charge in [0.05, 0.1) is 6.61 Å². The molecule has 1 N–H and O–H groups in total. The molecule has 1 aliphatic rings. The molecule has 0 bridgehead atoms. The first-order chi connectivity index (χ1) is 6.83. The molecule has 2 nitrogen and oxygen atoms in total. The maximum absolute atomic E-state index is 5.31. The zero-order chi connectivity index (χ0) is 10.2. The normalized spacial score (nSPS) is 28.7. The summed E-state index contributed by atoms with van der Waals surface area (Å²) in [5.41, 5.74) is 0. The summed E-state index contributed by atoms with van der Waals surface area (Å²) >= 11 is 0. The SMILES string of the molecule is CCOCCNC1CCCC(C)CC1. The zero-order valence-corrected chi connectivity index (χ0v) is 9.72. The molecule has 2 atom stereocenters. The van der Waals surface area contributed by atoms with Crippen LogP contribution >= 0.6 is 0 Å². The van der Waals surface area contributed by atoms with Crippen molar-refractivity contribution in [3.63, 3.8) is 0 Å². The number of hydrogen-bond acceptors (Lipinski definition) is 2. The predicted molar refractivity (Wildman–Crippen MR) is 60.5 cm³/mol. The van der Waals surface area contributed by atoms with Gasteiger partial charge < -0.3 is 10.1 Å². The van der Waals surface area contributed by atoms with E-state index in [0.717, 1.165) is 31.7 Å². The van der Waals surface area contributed by atoms with Crippen molar-refractivity contribution in [2.24, 2.45) is 5.92 Å². The molecule has 1 aliphatic carbocycles. The van der Waals surface area contributed by atoms with E-state index in [0.29, 0.717) is 0 Å². The van der Waals surface area contributed by atoms with Crippen LogP contribution in [0.15, 0.2) is 0 Å². The standard InChI is InChI=1S/C12H25NO/c1-3-14-10-9-13-12-6-4-5-11(2)7-8-12/h11-13H,3-10H2,1-2H3. The number of rotatable bonds is 5. The highest BCUT2D eigenvalue weighted by Crippen LogP contribution is 2.22. The second-order valence-corrected chi connectivity index (χ2v) is 4.46. The van der Waals surface area contributed by atoms with Crippen LogP contribution in [0.3, 0.4) is 0 Å². The molecule has 0 aromatic carbocycles. The van der Waals surface area contributed by atoms with Crippen molar-refractivity contribution in [2.45, 2.75) is 52.0 Å². The number of nitrogens with one attached hydrogen (secondary N) is 1. The summed E-state index contributed by atoms with van der Waals surface area (Å²) in [5.74, 6) is 0.939. The van der Waals surface area contributed by atoms with Gasteiger partial charge in [-0.15, -0.1) is 0 Å². The van der Waals surface area contributed by atoms with Crippen LogP contribution in [0.4, 0.5) is 0 Å². The van der Waals surface area contributed by atoms with Crippen molar-refractivity contribution in [3.8, 4) is 0 Å². The lowest BCUT2D eigenvalue weighted by Gasteiger charge is -2.16. The van der Waals surface area contributed by atoms with Crippen molar-refractivity contribution in [2.75, 3.05) is 19.8 Å². The molecule has 0 aliphatic heterocycles. The van der Waals surface area contributed by atoms with Crippen molar-refractivity contribution in [1.29, 1.82) is 0 Å². The highest BCUT2D eigenvalue weighted by molar-refractivity contribution is 4.72. The van der Waals surface area contributed by atoms with E-state index in [-0.39, 0.29) is 0 Å². The largest absolute Gasteiger partial charge is 0.380 e. The van der Waals surface area contributed by atoms with E-state index < -0.39 is 0 Å². The quantitative estimate of drug-likeness (QED) is 0.543. The van der Waals surface area contributed by atoms with Crippen LogP contribution in [0.1, 0.15) is 46.0 Å². The topological polar surface area (TPSA) is 21.3 Å². The average molecular weight is 199 g/mol. The molecule has 1 fully saturated rings. The minimum Gasteiger partial charge on any atom is -0.380 e. The molecule has 0 amide bonds. The van der Waals surface area contributed by atoms with Crippen molar-refractivity contribution < 1.29 is 4.74 Å². The van der Waals surface area contributed by atoms with Crippen LogP contribution in [0.25, 0.3) is 0 Å². The fourth-order valence-corrected chi connectivity index (χ4v) is 2.17. The van der Waals surface area contributed by atoms with Gasteiger partial charge in [0, 0.05) is 19.2 Å². The van der Waals surface area contributed by atoms with Crippen LogP contribution < -0.4 is 5.32 Å². The Morgan fingerprint density at radius 2 is 2.07 bits per heavy atom. The smallest absolute Gasteiger partial charge is 0.0590 e. The first kappa shape index (κ1) is 12.0. The van der Waals surface area contributed by atoms with Crippen LogP contribution in [0, 0.1) is 5.92 Å². The summed E-state index contributed by atoms with van der Waals surface area (Å²) in [5, 5.41) is 3.59. The van der Waals surface area contributed by atoms with Gasteiger partial charge in [-0.2, -0.15) is 0 Å². The molecule has 2 unspecified atom stereocenters. The summed E-state index contributed by atoms with van der Waals surface area (Å²) in [6.07, 6.45) is 6.92. The van der Waals surface area contributed by atoms with E-state index in [1.54, 1.807) is 0 Å². The Kier molecular flexibility index (Phi) is 6.20. The first-order valence-corrected chi connectivity index (χ1v) is 6.14. The molecule has 84 valence electrons. The Morgan fingerprint density at radius 3 is 2.86 bits per heavy atom. The van der Waals surface area contributed by atoms with E-state index in [1.165, 1.54) is 32.1 Å². The minimum absolute atomic E-state index is 0.750. The Morgan fingerprint density at radius 1 is 1.21 bits per heavy atom. The van der Waals surface area contributed by atoms with E-state index in [9.17, 15) is 0 Å². The molecule has 2 heteroatoms. The molecule has 0 heterocycles. The van der Waals surface area contributed by atoms with Gasteiger partial charge in [-0.25, -0.2) is 0 Å². The third-order valence-corrected chi connectivity index (χ3v) is 3.14. The number of ether oxygens (including phenoxy) is 1. The van der Waals surface area contributed by atoms with Crippen LogP contribution in [0.2, 0.25) is 0 Å². The molecule has 1 saturated carbocycles. The molecular formula is C12H25NO. The Labute approximate surface area is 88.4 Å². The fourth-order valence-electron chi connectivity index (χ4n) is 2.17. The molecular weight excluding hydrogens is 174 g/mol. The van der Waals surface area contributed by atoms with Crippen LogP contribution in [-0.2, 0) is 4.74 Å². The van der Waals surface area contributed by atoms with E-state index in [2.05, 4.69) is 12.2 Å². The third-order valence-electron chi connectivity index (χ3n) is 3.14. The highest BCUT2D eigenvalue weighted by atomic mass is 16.5. The molecule has 0 radical (unpaired) electrons. The average Bonchev–Trinajstić information content (AvgIpc) is 2.38. The van der Waals surface area contributed by atoms with E-state index >= 15 is 0 Å². The van der Waals surface area contributed by atoms with Gasteiger partial charge in [0.2, 0.25) is 0 Å². The predicted octanol–water partition coefficient (Wildman–Crippen LogP) is 2.58. The second-order valence-electron chi connectivity index (χ2n) is 4.46. The van der Waals surface area contributed by atoms with E-state index in [1.807, 2.05) is 6.92 Å². The summed E-state index contributed by atoms with van der Waals surface area (Å²) in [6.45, 7) is 7.15. The Hall–Kier alpha value is -0.0800. The van der Waals surface area contributed by atoms with Crippen LogP contribution in [-0.4, -0.2) is 25.8 Å². The second kappa shape index (κ2) is 7.24. The molecule has 0 aromatic rings. The van der Waals surface area contributed by atoms with Crippen molar-refractivity contribution in [3.05, 3.63) is 0 Å². The van der Waals surface area contributed by atoms with Crippen molar-refractivity contribution in [1.82, 2.24) is 5.32 Å². The molecule has 0 aromatic heterocycles. The maximum Gasteiger partial charge on any atom is 0.0590 e. The summed E-state index contributed by atoms with van der Waals surface area (Å²) in [7, 11) is 0. The highest BCUT2D eigenvalue weighted by Gasteiger charge is 2.14. The number of hydrogen-bond donors (Lipinski definition) is 1. The minimum atomic E-state index is 0.750. The lowest BCUT2D eigenvalue weighted by Crippen LogP contribution is -2.31. The summed E-state index contributed by atoms with van der Waals surface area (Å²) in [4.78, 5) is 0. The molecule has 0 spiro atoms. The monoisotopic (exact) mass is 199 g/mol. The van der Waals surface area contributed by atoms with Gasteiger partial charge in [0.25, 0.3) is 0 Å². The van der Waals surface area contributed by atoms with Gasteiger partial charge in [-0.3, -0.25) is 0 Å². The first-order valence-electron chi connectivity index (χ1n) is 6.14. The van der Waals surface area contributed by atoms with Gasteiger partial charge in [-0.05, 0) is 32.1 Å². The maximum atomic E-state index is 5.31. The summed E-state index contributed by atoms with van der Waals surface area (Å²) < 4.78 is 5.31. The summed E-state index contributed by atoms with van der Waals surface area (Å²) in [6, 6.07) is 0.750. The van der Waals surface area contributed by atoms with Gasteiger partial charge in [0.15, 0.2) is 0 Å². The Bertz CT molecular complexity index is 138. The van der Waals surface area contributed by atoms with Crippen molar-refractivity contribution >= 4 is 0 Å². The fraction of sp³-hybridized carbons (Fsp3) is 1.00. The Balaban J connectivity index is 2.05. The van der Waals surface area contributed by atoms with Crippen LogP contribution in [0.5, 0.6) is 0 Å². The van der Waals surface area contributed by atoms with Gasteiger partial charge in [0.1, 0.15) is 0 Å². The molecule has 1 rings (SSSR count). The third kappa shape index (κ3) is 4.97. The van der Waals surface area contributed by atoms with Gasteiger partial charge >= 0.3 is 0 Å². The lowest BCUT2D eigenvalue weighted by atomic mass is 10.0. The van der Waals surface area contributed by atoms with Gasteiger partial charge in [-0.1, -0.05) is 19.8 Å². The van der Waals surface area contributed by atoms with E-state index in [4.69, 9.17) is 4.74 Å². The lowest BCUT2D eigenvalue weighted by molar-refractivity contribution is 0.146. The molecule has 14 heavy (non-hydrogen) atoms.